The molecule has 0 spiro atoms. The molecule has 0 atom stereocenters. The van der Waals surface area contributed by atoms with Crippen molar-refractivity contribution in [1.82, 2.24) is 5.32 Å². The topological polar surface area (TPSA) is 103 Å². The predicted octanol–water partition coefficient (Wildman–Crippen LogP) is 3.73. The number of hydrogen-bond donors (Lipinski definition) is 2. The minimum absolute atomic E-state index is 0.0401. The van der Waals surface area contributed by atoms with Gasteiger partial charge in [0.05, 0.1) is 10.6 Å². The van der Waals surface area contributed by atoms with Gasteiger partial charge in [0.15, 0.2) is 0 Å². The summed E-state index contributed by atoms with van der Waals surface area (Å²) >= 11 is 5.85. The van der Waals surface area contributed by atoms with Gasteiger partial charge in [-0.1, -0.05) is 11.6 Å². The average molecular weight is 359 g/mol. The minimum Gasteiger partial charge on any atom is -0.478 e. The quantitative estimate of drug-likeness (QED) is 0.626. The van der Waals surface area contributed by atoms with Crippen LogP contribution in [0.4, 0.5) is 0 Å². The lowest BCUT2D eigenvalue weighted by molar-refractivity contribution is -0.117. The number of nitriles is 1. The number of furan rings is 1. The molecule has 2 aromatic rings. The molecule has 2 N–H and O–H groups in total. The van der Waals surface area contributed by atoms with E-state index in [2.05, 4.69) is 5.32 Å². The predicted molar refractivity (Wildman–Crippen MR) is 93.0 cm³/mol. The molecular weight excluding hydrogens is 344 g/mol. The first-order valence-corrected chi connectivity index (χ1v) is 7.75. The third kappa shape index (κ3) is 4.49. The molecule has 25 heavy (non-hydrogen) atoms. The molecule has 1 amide bonds. The lowest BCUT2D eigenvalue weighted by atomic mass is 10.1. The van der Waals surface area contributed by atoms with Gasteiger partial charge in [-0.3, -0.25) is 4.79 Å². The summed E-state index contributed by atoms with van der Waals surface area (Å²) in [4.78, 5) is 23.1. The van der Waals surface area contributed by atoms with Crippen molar-refractivity contribution in [3.63, 3.8) is 0 Å². The van der Waals surface area contributed by atoms with E-state index in [1.807, 2.05) is 6.07 Å². The fraction of sp³-hybridized carbons (Fsp3) is 0.167. The second kappa shape index (κ2) is 7.69. The molecule has 2 rings (SSSR count). The second-order valence-corrected chi connectivity index (χ2v) is 5.91. The number of benzene rings is 1. The molecule has 0 aliphatic carbocycles. The smallest absolute Gasteiger partial charge is 0.337 e. The van der Waals surface area contributed by atoms with Crippen LogP contribution >= 0.6 is 11.6 Å². The van der Waals surface area contributed by atoms with E-state index in [0.717, 1.165) is 0 Å². The number of carboxylic acids is 1. The van der Waals surface area contributed by atoms with E-state index in [9.17, 15) is 9.59 Å². The molecule has 0 radical (unpaired) electrons. The van der Waals surface area contributed by atoms with Gasteiger partial charge in [0, 0.05) is 17.7 Å². The van der Waals surface area contributed by atoms with Crippen LogP contribution in [0.15, 0.2) is 40.3 Å². The van der Waals surface area contributed by atoms with E-state index >= 15 is 0 Å². The van der Waals surface area contributed by atoms with Crippen molar-refractivity contribution in [2.24, 2.45) is 0 Å². The van der Waals surface area contributed by atoms with E-state index in [1.54, 1.807) is 32.0 Å². The molecule has 0 saturated carbocycles. The lowest BCUT2D eigenvalue weighted by Gasteiger charge is -2.06. The van der Waals surface area contributed by atoms with Crippen LogP contribution in [0.3, 0.4) is 0 Å². The van der Waals surface area contributed by atoms with Crippen molar-refractivity contribution in [2.75, 3.05) is 0 Å². The Morgan fingerprint density at radius 3 is 2.64 bits per heavy atom. The molecule has 1 heterocycles. The fourth-order valence-corrected chi connectivity index (χ4v) is 2.26. The Morgan fingerprint density at radius 2 is 2.04 bits per heavy atom. The van der Waals surface area contributed by atoms with Crippen molar-refractivity contribution in [1.29, 1.82) is 5.26 Å². The normalized spacial score (nSPS) is 11.2. The SMILES string of the molecule is CC(C)NC(=O)C(C#N)=Cc1ccc(-c2ccc(Cl)c(C(=O)O)c2)o1. The number of carbonyl (C=O) groups is 2. The zero-order chi connectivity index (χ0) is 18.6. The van der Waals surface area contributed by atoms with E-state index in [4.69, 9.17) is 26.4 Å². The molecule has 128 valence electrons. The van der Waals surface area contributed by atoms with Gasteiger partial charge in [-0.25, -0.2) is 4.79 Å². The number of amides is 1. The number of hydrogen-bond acceptors (Lipinski definition) is 4. The number of nitrogens with zero attached hydrogens (tertiary/aromatic N) is 1. The monoisotopic (exact) mass is 358 g/mol. The zero-order valence-corrected chi connectivity index (χ0v) is 14.3. The molecular formula is C18H15ClN2O4. The third-order valence-electron chi connectivity index (χ3n) is 3.18. The van der Waals surface area contributed by atoms with E-state index in [-0.39, 0.29) is 22.2 Å². The van der Waals surface area contributed by atoms with Gasteiger partial charge >= 0.3 is 5.97 Å². The van der Waals surface area contributed by atoms with Crippen LogP contribution in [0.2, 0.25) is 5.02 Å². The first-order valence-electron chi connectivity index (χ1n) is 7.37. The highest BCUT2D eigenvalue weighted by atomic mass is 35.5. The number of carbonyl (C=O) groups excluding carboxylic acids is 1. The van der Waals surface area contributed by atoms with E-state index in [1.165, 1.54) is 18.2 Å². The Hall–Kier alpha value is -3.04. The molecule has 1 aromatic carbocycles. The van der Waals surface area contributed by atoms with Crippen molar-refractivity contribution in [2.45, 2.75) is 19.9 Å². The molecule has 0 fully saturated rings. The van der Waals surface area contributed by atoms with Gasteiger partial charge in [-0.15, -0.1) is 0 Å². The first-order chi connectivity index (χ1) is 11.8. The average Bonchev–Trinajstić information content (AvgIpc) is 3.00. The number of rotatable bonds is 5. The highest BCUT2D eigenvalue weighted by Crippen LogP contribution is 2.27. The molecule has 7 heteroatoms. The standard InChI is InChI=1S/C18H15ClN2O4/c1-10(2)21-17(22)12(9-20)7-13-4-6-16(25-13)11-3-5-15(19)14(8-11)18(23)24/h3-8,10H,1-2H3,(H,21,22)(H,23,24). The molecule has 0 aliphatic heterocycles. The Morgan fingerprint density at radius 1 is 1.32 bits per heavy atom. The van der Waals surface area contributed by atoms with Gasteiger partial charge in [-0.2, -0.15) is 5.26 Å². The number of halogens is 1. The Kier molecular flexibility index (Phi) is 5.63. The van der Waals surface area contributed by atoms with Crippen molar-refractivity contribution in [3.8, 4) is 17.4 Å². The maximum atomic E-state index is 11.9. The van der Waals surface area contributed by atoms with Crippen molar-refractivity contribution >= 4 is 29.6 Å². The van der Waals surface area contributed by atoms with Crippen molar-refractivity contribution in [3.05, 3.63) is 52.3 Å². The summed E-state index contributed by atoms with van der Waals surface area (Å²) in [5.41, 5.74) is 0.394. The summed E-state index contributed by atoms with van der Waals surface area (Å²) in [5, 5.41) is 21.0. The van der Waals surface area contributed by atoms with Crippen LogP contribution < -0.4 is 5.32 Å². The van der Waals surface area contributed by atoms with Crippen LogP contribution in [0.1, 0.15) is 30.0 Å². The van der Waals surface area contributed by atoms with Gasteiger partial charge in [0.1, 0.15) is 23.2 Å². The highest BCUT2D eigenvalue weighted by molar-refractivity contribution is 6.33. The zero-order valence-electron chi connectivity index (χ0n) is 13.5. The van der Waals surface area contributed by atoms with Crippen LogP contribution in [0, 0.1) is 11.3 Å². The highest BCUT2D eigenvalue weighted by Gasteiger charge is 2.14. The number of aromatic carboxylic acids is 1. The summed E-state index contributed by atoms with van der Waals surface area (Å²) in [7, 11) is 0. The van der Waals surface area contributed by atoms with Gasteiger partial charge in [0.25, 0.3) is 5.91 Å². The Balaban J connectivity index is 2.32. The Labute approximate surface area is 149 Å². The summed E-state index contributed by atoms with van der Waals surface area (Å²) < 4.78 is 5.59. The van der Waals surface area contributed by atoms with E-state index in [0.29, 0.717) is 17.1 Å². The summed E-state index contributed by atoms with van der Waals surface area (Å²) in [6.45, 7) is 3.58. The van der Waals surface area contributed by atoms with Gasteiger partial charge in [-0.05, 0) is 44.2 Å². The number of carboxylic acid groups (broad SMARTS) is 1. The van der Waals surface area contributed by atoms with Crippen molar-refractivity contribution < 1.29 is 19.1 Å². The first kappa shape index (κ1) is 18.3. The molecule has 0 unspecified atom stereocenters. The Bertz CT molecular complexity index is 891. The minimum atomic E-state index is -1.14. The molecule has 6 nitrogen and oxygen atoms in total. The summed E-state index contributed by atoms with van der Waals surface area (Å²) in [5.74, 6) is -0.935. The lowest BCUT2D eigenvalue weighted by Crippen LogP contribution is -2.30. The third-order valence-corrected chi connectivity index (χ3v) is 3.51. The summed E-state index contributed by atoms with van der Waals surface area (Å²) in [6, 6.07) is 9.43. The fourth-order valence-electron chi connectivity index (χ4n) is 2.06. The van der Waals surface area contributed by atoms with Crippen LogP contribution in [0.5, 0.6) is 0 Å². The summed E-state index contributed by atoms with van der Waals surface area (Å²) in [6.07, 6.45) is 1.33. The van der Waals surface area contributed by atoms with Crippen LogP contribution in [-0.4, -0.2) is 23.0 Å². The molecule has 0 aliphatic rings. The van der Waals surface area contributed by atoms with Gasteiger partial charge in [0.2, 0.25) is 0 Å². The van der Waals surface area contributed by atoms with E-state index < -0.39 is 11.9 Å². The van der Waals surface area contributed by atoms with Crippen LogP contribution in [0.25, 0.3) is 17.4 Å². The molecule has 0 bridgehead atoms. The molecule has 0 saturated heterocycles. The van der Waals surface area contributed by atoms with Crippen LogP contribution in [-0.2, 0) is 4.79 Å². The maximum absolute atomic E-state index is 11.9. The van der Waals surface area contributed by atoms with Gasteiger partial charge < -0.3 is 14.8 Å². The second-order valence-electron chi connectivity index (χ2n) is 5.50. The largest absolute Gasteiger partial charge is 0.478 e. The maximum Gasteiger partial charge on any atom is 0.337 e. The number of nitrogens with one attached hydrogen (secondary N) is 1. The molecule has 1 aromatic heterocycles.